The molecule has 19 heavy (non-hydrogen) atoms. The molecule has 1 aromatic heterocycles. The predicted octanol–water partition coefficient (Wildman–Crippen LogP) is 1.40. The average molecular weight is 264 g/mol. The highest BCUT2D eigenvalue weighted by atomic mass is 16.4. The van der Waals surface area contributed by atoms with Crippen molar-refractivity contribution in [2.24, 2.45) is 0 Å². The number of ketones is 1. The highest BCUT2D eigenvalue weighted by Gasteiger charge is 2.29. The van der Waals surface area contributed by atoms with E-state index >= 15 is 0 Å². The van der Waals surface area contributed by atoms with Gasteiger partial charge in [0.1, 0.15) is 5.76 Å². The molecule has 1 aliphatic carbocycles. The van der Waals surface area contributed by atoms with E-state index in [2.05, 4.69) is 5.32 Å². The zero-order valence-corrected chi connectivity index (χ0v) is 11.7. The van der Waals surface area contributed by atoms with Crippen LogP contribution < -0.4 is 5.32 Å². The fraction of sp³-hybridized carbons (Fsp3) is 0.571. The standard InChI is InChI=1S/C14H20N2O3/c1-9-12-10(17)5-4-6-11(12)19-13(9)14(18)16(3)8-7-15-2/h15H,4-8H2,1-3H3. The Morgan fingerprint density at radius 3 is 2.79 bits per heavy atom. The van der Waals surface area contributed by atoms with Gasteiger partial charge in [0.2, 0.25) is 0 Å². The average Bonchev–Trinajstić information content (AvgIpc) is 2.73. The molecule has 0 unspecified atom stereocenters. The van der Waals surface area contributed by atoms with Gasteiger partial charge in [0.15, 0.2) is 11.5 Å². The van der Waals surface area contributed by atoms with Crippen LogP contribution in [0.1, 0.15) is 45.1 Å². The Morgan fingerprint density at radius 2 is 2.16 bits per heavy atom. The number of amides is 1. The zero-order valence-electron chi connectivity index (χ0n) is 11.7. The summed E-state index contributed by atoms with van der Waals surface area (Å²) in [5.41, 5.74) is 1.33. The number of furan rings is 1. The molecule has 1 aromatic rings. The summed E-state index contributed by atoms with van der Waals surface area (Å²) in [5, 5.41) is 3.00. The SMILES string of the molecule is CNCCN(C)C(=O)c1oc2c(c1C)C(=O)CCC2. The molecule has 0 spiro atoms. The second-order valence-corrected chi connectivity index (χ2v) is 4.96. The van der Waals surface area contributed by atoms with Crippen molar-refractivity contribution in [3.05, 3.63) is 22.6 Å². The minimum atomic E-state index is -0.157. The van der Waals surface area contributed by atoms with Crippen LogP contribution in [0.5, 0.6) is 0 Å². The predicted molar refractivity (Wildman–Crippen MR) is 71.6 cm³/mol. The maximum atomic E-state index is 12.3. The van der Waals surface area contributed by atoms with E-state index in [1.165, 1.54) is 0 Å². The highest BCUT2D eigenvalue weighted by Crippen LogP contribution is 2.29. The van der Waals surface area contributed by atoms with Crippen molar-refractivity contribution < 1.29 is 14.0 Å². The molecule has 0 bridgehead atoms. The number of carbonyl (C=O) groups is 2. The van der Waals surface area contributed by atoms with Crippen LogP contribution in [0.3, 0.4) is 0 Å². The monoisotopic (exact) mass is 264 g/mol. The fourth-order valence-corrected chi connectivity index (χ4v) is 2.41. The lowest BCUT2D eigenvalue weighted by atomic mass is 9.94. The molecule has 0 atom stereocenters. The van der Waals surface area contributed by atoms with E-state index in [-0.39, 0.29) is 11.7 Å². The Hall–Kier alpha value is -1.62. The molecule has 0 saturated carbocycles. The molecule has 0 aromatic carbocycles. The van der Waals surface area contributed by atoms with Gasteiger partial charge in [-0.15, -0.1) is 0 Å². The Kier molecular flexibility index (Phi) is 4.04. The van der Waals surface area contributed by atoms with E-state index in [4.69, 9.17) is 4.42 Å². The third kappa shape index (κ3) is 2.56. The summed E-state index contributed by atoms with van der Waals surface area (Å²) in [4.78, 5) is 25.8. The lowest BCUT2D eigenvalue weighted by molar-refractivity contribution is 0.0761. The van der Waals surface area contributed by atoms with Crippen LogP contribution in [0.4, 0.5) is 0 Å². The van der Waals surface area contributed by atoms with Crippen LogP contribution in [0.2, 0.25) is 0 Å². The van der Waals surface area contributed by atoms with Gasteiger partial charge in [-0.25, -0.2) is 0 Å². The lowest BCUT2D eigenvalue weighted by Gasteiger charge is -2.15. The summed E-state index contributed by atoms with van der Waals surface area (Å²) in [6.07, 6.45) is 2.11. The Balaban J connectivity index is 2.26. The number of likely N-dealkylation sites (N-methyl/N-ethyl adjacent to an activating group) is 2. The Morgan fingerprint density at radius 1 is 1.42 bits per heavy atom. The minimum Gasteiger partial charge on any atom is -0.455 e. The van der Waals surface area contributed by atoms with Crippen molar-refractivity contribution in [2.75, 3.05) is 27.2 Å². The Bertz CT molecular complexity index is 505. The molecule has 0 saturated heterocycles. The smallest absolute Gasteiger partial charge is 0.289 e. The molecule has 1 N–H and O–H groups in total. The second-order valence-electron chi connectivity index (χ2n) is 4.96. The minimum absolute atomic E-state index is 0.0967. The van der Waals surface area contributed by atoms with Gasteiger partial charge in [0.25, 0.3) is 5.91 Å². The number of hydrogen-bond acceptors (Lipinski definition) is 4. The van der Waals surface area contributed by atoms with E-state index in [0.29, 0.717) is 35.6 Å². The second kappa shape index (κ2) is 5.57. The number of nitrogens with one attached hydrogen (secondary N) is 1. The molecule has 1 amide bonds. The van der Waals surface area contributed by atoms with Gasteiger partial charge in [-0.2, -0.15) is 0 Å². The molecule has 1 heterocycles. The lowest BCUT2D eigenvalue weighted by Crippen LogP contribution is -2.32. The number of fused-ring (bicyclic) bond motifs is 1. The first-order valence-electron chi connectivity index (χ1n) is 6.61. The molecule has 5 nitrogen and oxygen atoms in total. The van der Waals surface area contributed by atoms with E-state index in [1.807, 2.05) is 7.05 Å². The summed E-state index contributed by atoms with van der Waals surface area (Å²) in [6, 6.07) is 0. The summed E-state index contributed by atoms with van der Waals surface area (Å²) in [5.74, 6) is 0.937. The first-order valence-corrected chi connectivity index (χ1v) is 6.61. The van der Waals surface area contributed by atoms with E-state index < -0.39 is 0 Å². The molecular weight excluding hydrogens is 244 g/mol. The summed E-state index contributed by atoms with van der Waals surface area (Å²) in [6.45, 7) is 3.12. The molecule has 0 aliphatic heterocycles. The number of rotatable bonds is 4. The topological polar surface area (TPSA) is 62.6 Å². The van der Waals surface area contributed by atoms with Gasteiger partial charge in [-0.3, -0.25) is 9.59 Å². The van der Waals surface area contributed by atoms with Gasteiger partial charge in [0, 0.05) is 38.5 Å². The molecule has 0 fully saturated rings. The zero-order chi connectivity index (χ0) is 14.0. The van der Waals surface area contributed by atoms with Crippen LogP contribution in [0, 0.1) is 6.92 Å². The number of carbonyl (C=O) groups excluding carboxylic acids is 2. The molecular formula is C14H20N2O3. The number of hydrogen-bond donors (Lipinski definition) is 1. The largest absolute Gasteiger partial charge is 0.455 e. The van der Waals surface area contributed by atoms with Gasteiger partial charge in [-0.05, 0) is 20.4 Å². The van der Waals surface area contributed by atoms with E-state index in [1.54, 1.807) is 18.9 Å². The van der Waals surface area contributed by atoms with Gasteiger partial charge in [0.05, 0.1) is 5.56 Å². The first-order chi connectivity index (χ1) is 9.06. The van der Waals surface area contributed by atoms with Crippen LogP contribution in [-0.2, 0) is 6.42 Å². The molecule has 5 heteroatoms. The third-order valence-electron chi connectivity index (χ3n) is 3.54. The molecule has 104 valence electrons. The Labute approximate surface area is 113 Å². The third-order valence-corrected chi connectivity index (χ3v) is 3.54. The number of nitrogens with zero attached hydrogens (tertiary/aromatic N) is 1. The van der Waals surface area contributed by atoms with Gasteiger partial charge >= 0.3 is 0 Å². The van der Waals surface area contributed by atoms with Crippen LogP contribution >= 0.6 is 0 Å². The number of Topliss-reactive ketones (excluding diaryl/α,β-unsaturated/α-hetero) is 1. The molecule has 1 aliphatic rings. The van der Waals surface area contributed by atoms with Crippen LogP contribution in [0.15, 0.2) is 4.42 Å². The quantitative estimate of drug-likeness (QED) is 0.893. The van der Waals surface area contributed by atoms with Crippen LogP contribution in [-0.4, -0.2) is 43.8 Å². The van der Waals surface area contributed by atoms with Crippen molar-refractivity contribution >= 4 is 11.7 Å². The van der Waals surface area contributed by atoms with Crippen molar-refractivity contribution in [3.8, 4) is 0 Å². The summed E-state index contributed by atoms with van der Waals surface area (Å²) >= 11 is 0. The molecule has 2 rings (SSSR count). The van der Waals surface area contributed by atoms with Crippen molar-refractivity contribution in [3.63, 3.8) is 0 Å². The van der Waals surface area contributed by atoms with Gasteiger partial charge in [-0.1, -0.05) is 0 Å². The highest BCUT2D eigenvalue weighted by molar-refractivity contribution is 6.03. The van der Waals surface area contributed by atoms with Crippen LogP contribution in [0.25, 0.3) is 0 Å². The summed E-state index contributed by atoms with van der Waals surface area (Å²) < 4.78 is 5.64. The first kappa shape index (κ1) is 13.8. The van der Waals surface area contributed by atoms with Gasteiger partial charge < -0.3 is 14.6 Å². The van der Waals surface area contributed by atoms with E-state index in [9.17, 15) is 9.59 Å². The van der Waals surface area contributed by atoms with Crippen molar-refractivity contribution in [1.29, 1.82) is 0 Å². The van der Waals surface area contributed by atoms with Crippen molar-refractivity contribution in [1.82, 2.24) is 10.2 Å². The van der Waals surface area contributed by atoms with E-state index in [0.717, 1.165) is 19.4 Å². The van der Waals surface area contributed by atoms with Crippen molar-refractivity contribution in [2.45, 2.75) is 26.2 Å². The normalized spacial score (nSPS) is 14.4. The molecule has 0 radical (unpaired) electrons. The number of aryl methyl sites for hydroxylation is 1. The maximum Gasteiger partial charge on any atom is 0.289 e. The fourth-order valence-electron chi connectivity index (χ4n) is 2.41. The summed E-state index contributed by atoms with van der Waals surface area (Å²) in [7, 11) is 3.58. The maximum absolute atomic E-state index is 12.3.